The summed E-state index contributed by atoms with van der Waals surface area (Å²) in [5, 5.41) is 13.5. The molecule has 0 aliphatic carbocycles. The molecule has 1 aromatic heterocycles. The van der Waals surface area contributed by atoms with Crippen molar-refractivity contribution in [1.82, 2.24) is 9.78 Å². The van der Waals surface area contributed by atoms with Crippen LogP contribution in [0, 0.1) is 0 Å². The van der Waals surface area contributed by atoms with Crippen LogP contribution in [0.25, 0.3) is 0 Å². The van der Waals surface area contributed by atoms with E-state index in [0.29, 0.717) is 5.75 Å². The number of aryl methyl sites for hydroxylation is 1. The minimum absolute atomic E-state index is 0.425. The highest BCUT2D eigenvalue weighted by molar-refractivity contribution is 7.98. The minimum Gasteiger partial charge on any atom is -0.386 e. The molecule has 0 saturated carbocycles. The summed E-state index contributed by atoms with van der Waals surface area (Å²) in [5.74, 6) is 0.705. The lowest BCUT2D eigenvalue weighted by Gasteiger charge is -2.03. The minimum atomic E-state index is -0.425. The van der Waals surface area contributed by atoms with Crippen LogP contribution in [0.5, 0.6) is 0 Å². The summed E-state index contributed by atoms with van der Waals surface area (Å²) >= 11 is 1.61. The van der Waals surface area contributed by atoms with Crippen LogP contribution in [-0.2, 0) is 7.05 Å². The predicted molar refractivity (Wildman–Crippen MR) is 46.5 cm³/mol. The fourth-order valence-electron chi connectivity index (χ4n) is 0.854. The first kappa shape index (κ1) is 8.62. The summed E-state index contributed by atoms with van der Waals surface area (Å²) in [6.45, 7) is 0. The molecular formula is C7H12N2OS. The van der Waals surface area contributed by atoms with Gasteiger partial charge in [-0.1, -0.05) is 0 Å². The number of aliphatic hydroxyl groups is 1. The SMILES string of the molecule is CSCC(O)c1ccn(C)n1. The monoisotopic (exact) mass is 172 g/mol. The average Bonchev–Trinajstić information content (AvgIpc) is 2.36. The quantitative estimate of drug-likeness (QED) is 0.733. The van der Waals surface area contributed by atoms with Crippen LogP contribution in [0.1, 0.15) is 11.8 Å². The maximum absolute atomic E-state index is 9.44. The zero-order chi connectivity index (χ0) is 8.27. The molecule has 1 unspecified atom stereocenters. The summed E-state index contributed by atoms with van der Waals surface area (Å²) in [5.41, 5.74) is 0.752. The fourth-order valence-corrected chi connectivity index (χ4v) is 1.34. The standard InChI is InChI=1S/C7H12N2OS/c1-9-4-3-6(8-9)7(10)5-11-2/h3-4,7,10H,5H2,1-2H3. The van der Waals surface area contributed by atoms with E-state index in [1.165, 1.54) is 0 Å². The van der Waals surface area contributed by atoms with Crippen molar-refractivity contribution < 1.29 is 5.11 Å². The zero-order valence-electron chi connectivity index (χ0n) is 6.69. The maximum atomic E-state index is 9.44. The third kappa shape index (κ3) is 2.24. The van der Waals surface area contributed by atoms with Gasteiger partial charge in [-0.2, -0.15) is 16.9 Å². The van der Waals surface area contributed by atoms with E-state index in [1.54, 1.807) is 16.4 Å². The Labute approximate surface area is 70.4 Å². The molecule has 0 spiro atoms. The molecule has 0 saturated heterocycles. The Bertz CT molecular complexity index is 224. The molecule has 3 nitrogen and oxygen atoms in total. The van der Waals surface area contributed by atoms with E-state index >= 15 is 0 Å². The van der Waals surface area contributed by atoms with Gasteiger partial charge in [-0.3, -0.25) is 4.68 Å². The Morgan fingerprint density at radius 3 is 3.00 bits per heavy atom. The number of aliphatic hydroxyl groups excluding tert-OH is 1. The van der Waals surface area contributed by atoms with Crippen LogP contribution >= 0.6 is 11.8 Å². The summed E-state index contributed by atoms with van der Waals surface area (Å²) in [4.78, 5) is 0. The van der Waals surface area contributed by atoms with E-state index in [9.17, 15) is 5.11 Å². The first-order chi connectivity index (χ1) is 5.24. The van der Waals surface area contributed by atoms with Crippen LogP contribution in [0.3, 0.4) is 0 Å². The molecule has 0 radical (unpaired) electrons. The van der Waals surface area contributed by atoms with E-state index < -0.39 is 6.10 Å². The number of hydrogen-bond donors (Lipinski definition) is 1. The third-order valence-electron chi connectivity index (χ3n) is 1.40. The van der Waals surface area contributed by atoms with Crippen molar-refractivity contribution in [2.75, 3.05) is 12.0 Å². The van der Waals surface area contributed by atoms with Gasteiger partial charge >= 0.3 is 0 Å². The molecule has 1 rings (SSSR count). The first-order valence-electron chi connectivity index (χ1n) is 3.40. The van der Waals surface area contributed by atoms with Gasteiger partial charge in [0.1, 0.15) is 6.10 Å². The van der Waals surface area contributed by atoms with Crippen LogP contribution in [-0.4, -0.2) is 26.9 Å². The van der Waals surface area contributed by atoms with Crippen molar-refractivity contribution in [2.24, 2.45) is 7.05 Å². The molecule has 0 aromatic carbocycles. The molecule has 0 fully saturated rings. The van der Waals surface area contributed by atoms with Crippen molar-refractivity contribution in [3.63, 3.8) is 0 Å². The van der Waals surface area contributed by atoms with Gasteiger partial charge in [-0.15, -0.1) is 0 Å². The highest BCUT2D eigenvalue weighted by Crippen LogP contribution is 2.13. The topological polar surface area (TPSA) is 38.0 Å². The summed E-state index contributed by atoms with van der Waals surface area (Å²) in [7, 11) is 1.84. The Hall–Kier alpha value is -0.480. The Morgan fingerprint density at radius 1 is 1.82 bits per heavy atom. The van der Waals surface area contributed by atoms with Gasteiger partial charge in [-0.05, 0) is 12.3 Å². The lowest BCUT2D eigenvalue weighted by atomic mass is 10.3. The highest BCUT2D eigenvalue weighted by atomic mass is 32.2. The van der Waals surface area contributed by atoms with Crippen LogP contribution in [0.15, 0.2) is 12.3 Å². The third-order valence-corrected chi connectivity index (χ3v) is 2.05. The zero-order valence-corrected chi connectivity index (χ0v) is 7.51. The van der Waals surface area contributed by atoms with Gasteiger partial charge in [0, 0.05) is 19.0 Å². The lowest BCUT2D eigenvalue weighted by Crippen LogP contribution is -2.01. The normalized spacial score (nSPS) is 13.4. The Balaban J connectivity index is 2.60. The van der Waals surface area contributed by atoms with Crippen LogP contribution in [0.2, 0.25) is 0 Å². The highest BCUT2D eigenvalue weighted by Gasteiger charge is 2.08. The van der Waals surface area contributed by atoms with Gasteiger partial charge < -0.3 is 5.11 Å². The lowest BCUT2D eigenvalue weighted by molar-refractivity contribution is 0.198. The Morgan fingerprint density at radius 2 is 2.55 bits per heavy atom. The fraction of sp³-hybridized carbons (Fsp3) is 0.571. The predicted octanol–water partition coefficient (Wildman–Crippen LogP) is 0.817. The summed E-state index contributed by atoms with van der Waals surface area (Å²) < 4.78 is 1.69. The second-order valence-corrected chi connectivity index (χ2v) is 3.30. The number of nitrogens with zero attached hydrogens (tertiary/aromatic N) is 2. The van der Waals surface area contributed by atoms with Crippen molar-refractivity contribution in [3.05, 3.63) is 18.0 Å². The molecular weight excluding hydrogens is 160 g/mol. The van der Waals surface area contributed by atoms with E-state index in [0.717, 1.165) is 5.69 Å². The summed E-state index contributed by atoms with van der Waals surface area (Å²) in [6, 6.07) is 1.83. The number of aromatic nitrogens is 2. The maximum Gasteiger partial charge on any atom is 0.107 e. The molecule has 1 atom stereocenters. The van der Waals surface area contributed by atoms with Gasteiger partial charge in [0.15, 0.2) is 0 Å². The molecule has 1 heterocycles. The number of hydrogen-bond acceptors (Lipinski definition) is 3. The van der Waals surface area contributed by atoms with E-state index in [1.807, 2.05) is 25.6 Å². The van der Waals surface area contributed by atoms with E-state index in [4.69, 9.17) is 0 Å². The van der Waals surface area contributed by atoms with Crippen molar-refractivity contribution in [1.29, 1.82) is 0 Å². The smallest absolute Gasteiger partial charge is 0.107 e. The molecule has 0 aliphatic rings. The molecule has 1 aromatic rings. The van der Waals surface area contributed by atoms with Gasteiger partial charge in [0.25, 0.3) is 0 Å². The van der Waals surface area contributed by atoms with E-state index in [2.05, 4.69) is 5.10 Å². The summed E-state index contributed by atoms with van der Waals surface area (Å²) in [6.07, 6.45) is 3.37. The second-order valence-electron chi connectivity index (χ2n) is 2.39. The molecule has 62 valence electrons. The first-order valence-corrected chi connectivity index (χ1v) is 4.80. The second kappa shape index (κ2) is 3.78. The molecule has 1 N–H and O–H groups in total. The molecule has 0 amide bonds. The number of rotatable bonds is 3. The van der Waals surface area contributed by atoms with Gasteiger partial charge in [0.05, 0.1) is 5.69 Å². The van der Waals surface area contributed by atoms with Crippen LogP contribution in [0.4, 0.5) is 0 Å². The number of thioether (sulfide) groups is 1. The van der Waals surface area contributed by atoms with Gasteiger partial charge in [0.2, 0.25) is 0 Å². The van der Waals surface area contributed by atoms with Crippen molar-refractivity contribution in [3.8, 4) is 0 Å². The van der Waals surface area contributed by atoms with Crippen LogP contribution < -0.4 is 0 Å². The van der Waals surface area contributed by atoms with Gasteiger partial charge in [-0.25, -0.2) is 0 Å². The molecule has 4 heteroatoms. The molecule has 0 bridgehead atoms. The molecule has 0 aliphatic heterocycles. The van der Waals surface area contributed by atoms with E-state index in [-0.39, 0.29) is 0 Å². The largest absolute Gasteiger partial charge is 0.386 e. The van der Waals surface area contributed by atoms with Crippen molar-refractivity contribution >= 4 is 11.8 Å². The van der Waals surface area contributed by atoms with Crippen molar-refractivity contribution in [2.45, 2.75) is 6.10 Å². The average molecular weight is 172 g/mol. The Kier molecular flexibility index (Phi) is 2.96. The molecule has 11 heavy (non-hydrogen) atoms.